The van der Waals surface area contributed by atoms with Gasteiger partial charge in [-0.25, -0.2) is 4.57 Å². The van der Waals surface area contributed by atoms with E-state index in [0.29, 0.717) is 0 Å². The van der Waals surface area contributed by atoms with E-state index >= 15 is 0 Å². The number of aromatic nitrogens is 2. The lowest BCUT2D eigenvalue weighted by Crippen LogP contribution is -2.30. The fourth-order valence-electron chi connectivity index (χ4n) is 3.05. The van der Waals surface area contributed by atoms with Crippen molar-refractivity contribution in [3.8, 4) is 5.69 Å². The van der Waals surface area contributed by atoms with Crippen LogP contribution in [0.5, 0.6) is 0 Å². The molecule has 0 saturated heterocycles. The van der Waals surface area contributed by atoms with E-state index < -0.39 is 0 Å². The topological polar surface area (TPSA) is 8.81 Å². The molecule has 0 aliphatic heterocycles. The van der Waals surface area contributed by atoms with Gasteiger partial charge >= 0.3 is 0 Å². The van der Waals surface area contributed by atoms with Gasteiger partial charge in [-0.3, -0.25) is 0 Å². The highest BCUT2D eigenvalue weighted by Gasteiger charge is 2.23. The molecule has 2 nitrogen and oxygen atoms in total. The van der Waals surface area contributed by atoms with Gasteiger partial charge in [-0.1, -0.05) is 43.0 Å². The molecule has 22 heavy (non-hydrogen) atoms. The van der Waals surface area contributed by atoms with Crippen molar-refractivity contribution in [1.29, 1.82) is 0 Å². The Labute approximate surface area is 131 Å². The molecule has 0 spiro atoms. The molecule has 0 aliphatic carbocycles. The Kier molecular flexibility index (Phi) is 3.68. The van der Waals surface area contributed by atoms with Crippen LogP contribution in [-0.4, -0.2) is 4.57 Å². The second kappa shape index (κ2) is 5.64. The van der Waals surface area contributed by atoms with Crippen molar-refractivity contribution in [1.82, 2.24) is 4.57 Å². The summed E-state index contributed by atoms with van der Waals surface area (Å²) in [6.45, 7) is 8.11. The van der Waals surface area contributed by atoms with Crippen molar-refractivity contribution >= 4 is 17.1 Å². The van der Waals surface area contributed by atoms with Crippen LogP contribution < -0.4 is 4.57 Å². The quantitative estimate of drug-likeness (QED) is 0.503. The van der Waals surface area contributed by atoms with Gasteiger partial charge in [0.15, 0.2) is 0 Å². The van der Waals surface area contributed by atoms with Gasteiger partial charge in [0.2, 0.25) is 0 Å². The summed E-state index contributed by atoms with van der Waals surface area (Å²) in [6, 6.07) is 12.8. The molecule has 0 fully saturated rings. The van der Waals surface area contributed by atoms with Crippen LogP contribution in [0.4, 0.5) is 0 Å². The molecule has 0 N–H and O–H groups in total. The van der Waals surface area contributed by atoms with Crippen molar-refractivity contribution in [3.05, 3.63) is 78.1 Å². The molecule has 3 aromatic rings. The predicted octanol–water partition coefficient (Wildman–Crippen LogP) is 4.27. The first-order valence-corrected chi connectivity index (χ1v) is 7.50. The summed E-state index contributed by atoms with van der Waals surface area (Å²) < 4.78 is 4.52. The monoisotopic (exact) mass is 289 g/mol. The number of benzene rings is 1. The van der Waals surface area contributed by atoms with Crippen LogP contribution in [-0.2, 0) is 7.05 Å². The molecule has 0 aliphatic rings. The highest BCUT2D eigenvalue weighted by Crippen LogP contribution is 2.29. The second-order valence-corrected chi connectivity index (χ2v) is 5.57. The largest absolute Gasteiger partial charge is 0.294 e. The summed E-state index contributed by atoms with van der Waals surface area (Å²) in [5.41, 5.74) is 6.19. The highest BCUT2D eigenvalue weighted by atomic mass is 15.1. The summed E-state index contributed by atoms with van der Waals surface area (Å²) in [7, 11) is 2.09. The lowest BCUT2D eigenvalue weighted by Gasteiger charge is -2.05. The van der Waals surface area contributed by atoms with E-state index in [1.54, 1.807) is 0 Å². The van der Waals surface area contributed by atoms with Crippen LogP contribution in [0, 0.1) is 13.8 Å². The minimum atomic E-state index is 1.21. The van der Waals surface area contributed by atoms with Gasteiger partial charge < -0.3 is 0 Å². The summed E-state index contributed by atoms with van der Waals surface area (Å²) in [6.07, 6.45) is 8.05. The summed E-state index contributed by atoms with van der Waals surface area (Å²) >= 11 is 0. The summed E-state index contributed by atoms with van der Waals surface area (Å²) in [4.78, 5) is 0. The molecule has 1 aromatic carbocycles. The number of fused-ring (bicyclic) bond motifs is 1. The first-order valence-electron chi connectivity index (χ1n) is 7.50. The van der Waals surface area contributed by atoms with E-state index in [4.69, 9.17) is 0 Å². The van der Waals surface area contributed by atoms with Gasteiger partial charge in [0.1, 0.15) is 11.4 Å². The van der Waals surface area contributed by atoms with Crippen LogP contribution in [0.25, 0.3) is 22.8 Å². The Morgan fingerprint density at radius 1 is 1.09 bits per heavy atom. The van der Waals surface area contributed by atoms with Crippen molar-refractivity contribution in [3.63, 3.8) is 0 Å². The summed E-state index contributed by atoms with van der Waals surface area (Å²) in [5, 5.41) is 1.25. The minimum Gasteiger partial charge on any atom is -0.236 e. The number of aryl methyl sites for hydroxylation is 2. The number of nitrogens with zero attached hydrogens (tertiary/aromatic N) is 2. The molecule has 0 unspecified atom stereocenters. The van der Waals surface area contributed by atoms with E-state index in [1.165, 1.54) is 33.5 Å². The van der Waals surface area contributed by atoms with Crippen molar-refractivity contribution in [2.75, 3.05) is 0 Å². The molecule has 0 bridgehead atoms. The molecule has 110 valence electrons. The molecule has 0 radical (unpaired) electrons. The smallest absolute Gasteiger partial charge is 0.236 e. The molecule has 0 saturated carbocycles. The van der Waals surface area contributed by atoms with Crippen LogP contribution in [0.1, 0.15) is 16.8 Å². The Morgan fingerprint density at radius 2 is 1.86 bits per heavy atom. The first kappa shape index (κ1) is 14.3. The average molecular weight is 289 g/mol. The molecular formula is C20H21N2+. The van der Waals surface area contributed by atoms with Gasteiger partial charge in [-0.2, -0.15) is 4.57 Å². The van der Waals surface area contributed by atoms with Gasteiger partial charge in [0, 0.05) is 5.56 Å². The maximum atomic E-state index is 3.78. The lowest BCUT2D eigenvalue weighted by molar-refractivity contribution is -0.647. The fourth-order valence-corrected chi connectivity index (χ4v) is 3.05. The zero-order valence-electron chi connectivity index (χ0n) is 13.4. The van der Waals surface area contributed by atoms with Crippen LogP contribution in [0.2, 0.25) is 0 Å². The molecule has 2 heteroatoms. The fraction of sp³-hybridized carbons (Fsp3) is 0.150. The number of rotatable bonds is 3. The van der Waals surface area contributed by atoms with E-state index in [9.17, 15) is 0 Å². The zero-order valence-corrected chi connectivity index (χ0v) is 13.4. The van der Waals surface area contributed by atoms with Gasteiger partial charge in [0.05, 0.1) is 18.6 Å². The van der Waals surface area contributed by atoms with E-state index in [0.717, 1.165) is 0 Å². The molecular weight excluding hydrogens is 268 g/mol. The maximum absolute atomic E-state index is 3.78. The minimum absolute atomic E-state index is 1.21. The summed E-state index contributed by atoms with van der Waals surface area (Å²) in [5.74, 6) is 0. The average Bonchev–Trinajstić information content (AvgIpc) is 2.79. The Hall–Kier alpha value is -2.61. The van der Waals surface area contributed by atoms with Crippen LogP contribution in [0.15, 0.2) is 61.3 Å². The number of para-hydroxylation sites is 1. The highest BCUT2D eigenvalue weighted by molar-refractivity contribution is 5.88. The second-order valence-electron chi connectivity index (χ2n) is 5.57. The third-order valence-electron chi connectivity index (χ3n) is 4.13. The number of allylic oxidation sites excluding steroid dienone is 2. The normalized spacial score (nSPS) is 11.4. The molecule has 2 aromatic heterocycles. The first-order chi connectivity index (χ1) is 10.6. The number of hydrogen-bond donors (Lipinski definition) is 0. The van der Waals surface area contributed by atoms with Crippen molar-refractivity contribution in [2.24, 2.45) is 7.05 Å². The van der Waals surface area contributed by atoms with Crippen LogP contribution in [0.3, 0.4) is 0 Å². The Bertz CT molecular complexity index is 882. The maximum Gasteiger partial charge on any atom is 0.294 e. The SMILES string of the molecule is C=C/C=C\c1c(C)n(-c2ccccc2C)c2c1ccc[n+]2C. The molecule has 0 amide bonds. The van der Waals surface area contributed by atoms with E-state index in [-0.39, 0.29) is 0 Å². The predicted molar refractivity (Wildman–Crippen MR) is 93.2 cm³/mol. The molecule has 2 heterocycles. The third kappa shape index (κ3) is 2.17. The van der Waals surface area contributed by atoms with E-state index in [1.807, 2.05) is 12.2 Å². The van der Waals surface area contributed by atoms with Gasteiger partial charge in [-0.15, -0.1) is 0 Å². The van der Waals surface area contributed by atoms with Crippen molar-refractivity contribution in [2.45, 2.75) is 13.8 Å². The van der Waals surface area contributed by atoms with E-state index in [2.05, 4.69) is 85.3 Å². The Balaban J connectivity index is 2.45. The van der Waals surface area contributed by atoms with Crippen molar-refractivity contribution < 1.29 is 4.57 Å². The Morgan fingerprint density at radius 3 is 2.59 bits per heavy atom. The van der Waals surface area contributed by atoms with Crippen LogP contribution >= 0.6 is 0 Å². The molecule has 3 rings (SSSR count). The van der Waals surface area contributed by atoms with Gasteiger partial charge in [0.25, 0.3) is 5.65 Å². The third-order valence-corrected chi connectivity index (χ3v) is 4.13. The number of hydrogen-bond acceptors (Lipinski definition) is 0. The standard InChI is InChI=1S/C20H21N2/c1-5-6-11-17-16(3)22(19-13-8-7-10-15(19)2)20-18(17)12-9-14-21(20)4/h5-14H,1H2,2-4H3/q+1/b11-6-. The number of pyridine rings is 1. The van der Waals surface area contributed by atoms with Gasteiger partial charge in [-0.05, 0) is 37.6 Å². The zero-order chi connectivity index (χ0) is 15.7. The molecule has 0 atom stereocenters. The lowest BCUT2D eigenvalue weighted by atomic mass is 10.1.